The van der Waals surface area contributed by atoms with Crippen LogP contribution in [-0.2, 0) is 16.0 Å². The molecule has 4 rings (SSSR count). The van der Waals surface area contributed by atoms with Gasteiger partial charge in [-0.1, -0.05) is 43.0 Å². The quantitative estimate of drug-likeness (QED) is 0.362. The fourth-order valence-electron chi connectivity index (χ4n) is 3.20. The van der Waals surface area contributed by atoms with E-state index in [0.29, 0.717) is 27.7 Å². The maximum atomic E-state index is 12.4. The molecule has 9 nitrogen and oxygen atoms in total. The molecule has 0 bridgehead atoms. The van der Waals surface area contributed by atoms with Crippen molar-refractivity contribution in [3.8, 4) is 11.3 Å². The van der Waals surface area contributed by atoms with Crippen molar-refractivity contribution >= 4 is 40.5 Å². The summed E-state index contributed by atoms with van der Waals surface area (Å²) in [7, 11) is 0. The highest BCUT2D eigenvalue weighted by Crippen LogP contribution is 2.22. The van der Waals surface area contributed by atoms with Crippen molar-refractivity contribution in [1.82, 2.24) is 19.8 Å². The fourth-order valence-corrected chi connectivity index (χ4v) is 3.91. The molecule has 2 amide bonds. The molecular formula is C23H22N6O3S. The maximum Gasteiger partial charge on any atom is 0.290 e. The highest BCUT2D eigenvalue weighted by Gasteiger charge is 2.14. The van der Waals surface area contributed by atoms with Gasteiger partial charge in [0.15, 0.2) is 0 Å². The van der Waals surface area contributed by atoms with Crippen molar-refractivity contribution in [2.75, 3.05) is 16.4 Å². The van der Waals surface area contributed by atoms with Crippen LogP contribution in [0.5, 0.6) is 0 Å². The summed E-state index contributed by atoms with van der Waals surface area (Å²) in [6.45, 7) is 3.52. The number of hydrogen-bond donors (Lipinski definition) is 3. The summed E-state index contributed by atoms with van der Waals surface area (Å²) in [6.07, 6.45) is 0.942. The highest BCUT2D eigenvalue weighted by molar-refractivity contribution is 7.99. The number of amides is 2. The molecule has 0 aliphatic heterocycles. The van der Waals surface area contributed by atoms with E-state index in [1.807, 2.05) is 24.3 Å². The molecule has 0 saturated carbocycles. The lowest BCUT2D eigenvalue weighted by Crippen LogP contribution is -2.17. The molecule has 0 radical (unpaired) electrons. The van der Waals surface area contributed by atoms with Gasteiger partial charge in [-0.05, 0) is 42.3 Å². The third kappa shape index (κ3) is 5.29. The van der Waals surface area contributed by atoms with Gasteiger partial charge in [0.05, 0.1) is 11.4 Å². The first-order valence-electron chi connectivity index (χ1n) is 10.3. The molecule has 4 aromatic rings. The van der Waals surface area contributed by atoms with Crippen LogP contribution < -0.4 is 16.2 Å². The third-order valence-electron chi connectivity index (χ3n) is 4.86. The van der Waals surface area contributed by atoms with Crippen LogP contribution in [0, 0.1) is 0 Å². The second kappa shape index (κ2) is 9.70. The molecule has 2 aromatic heterocycles. The van der Waals surface area contributed by atoms with Crippen molar-refractivity contribution in [3.05, 3.63) is 70.5 Å². The van der Waals surface area contributed by atoms with Crippen molar-refractivity contribution < 1.29 is 9.59 Å². The van der Waals surface area contributed by atoms with E-state index in [9.17, 15) is 14.4 Å². The van der Waals surface area contributed by atoms with Crippen LogP contribution in [0.1, 0.15) is 19.4 Å². The first-order chi connectivity index (χ1) is 15.9. The Morgan fingerprint density at radius 2 is 1.70 bits per heavy atom. The van der Waals surface area contributed by atoms with E-state index < -0.39 is 0 Å². The number of nitrogens with one attached hydrogen (secondary N) is 3. The van der Waals surface area contributed by atoms with E-state index in [-0.39, 0.29) is 23.1 Å². The molecule has 2 heterocycles. The van der Waals surface area contributed by atoms with Gasteiger partial charge in [-0.15, -0.1) is 5.10 Å². The summed E-state index contributed by atoms with van der Waals surface area (Å²) in [4.78, 5) is 35.8. The monoisotopic (exact) mass is 462 g/mol. The molecule has 0 fully saturated rings. The van der Waals surface area contributed by atoms with Crippen molar-refractivity contribution in [2.45, 2.75) is 25.4 Å². The second-order valence-corrected chi connectivity index (χ2v) is 8.25. The largest absolute Gasteiger partial charge is 0.326 e. The average molecular weight is 463 g/mol. The van der Waals surface area contributed by atoms with E-state index in [2.05, 4.69) is 32.9 Å². The highest BCUT2D eigenvalue weighted by atomic mass is 32.2. The number of carbonyl (C=O) groups is 2. The first kappa shape index (κ1) is 22.3. The fraction of sp³-hybridized carbons (Fsp3) is 0.174. The number of hydrogen-bond acceptors (Lipinski definition) is 6. The topological polar surface area (TPSA) is 121 Å². The first-order valence-corrected chi connectivity index (χ1v) is 11.3. The van der Waals surface area contributed by atoms with Gasteiger partial charge < -0.3 is 10.6 Å². The Morgan fingerprint density at radius 1 is 1.03 bits per heavy atom. The van der Waals surface area contributed by atoms with Crippen molar-refractivity contribution in [3.63, 3.8) is 0 Å². The standard InChI is InChI=1S/C23H22N6O3S/c1-3-15-4-6-16(7-5-15)19-12-20-22(32)26-27-23(29(20)28-19)33-13-21(31)25-18-10-8-17(9-11-18)24-14(2)30/h4-12H,3,13H2,1-2H3,(H,24,30)(H,25,31)(H,26,32). The Bertz CT molecular complexity index is 1360. The van der Waals surface area contributed by atoms with Gasteiger partial charge in [0.2, 0.25) is 17.0 Å². The minimum Gasteiger partial charge on any atom is -0.326 e. The van der Waals surface area contributed by atoms with Crippen LogP contribution in [0.4, 0.5) is 11.4 Å². The van der Waals surface area contributed by atoms with Crippen LogP contribution >= 0.6 is 11.8 Å². The van der Waals surface area contributed by atoms with E-state index in [4.69, 9.17) is 0 Å². The third-order valence-corrected chi connectivity index (χ3v) is 5.78. The van der Waals surface area contributed by atoms with Gasteiger partial charge in [0, 0.05) is 23.9 Å². The zero-order valence-electron chi connectivity index (χ0n) is 18.1. The van der Waals surface area contributed by atoms with Gasteiger partial charge in [-0.25, -0.2) is 9.61 Å². The SMILES string of the molecule is CCc1ccc(-c2cc3c(=O)[nH]nc(SCC(=O)Nc4ccc(NC(C)=O)cc4)n3n2)cc1. The van der Waals surface area contributed by atoms with Crippen LogP contribution in [0.15, 0.2) is 64.5 Å². The molecule has 0 spiro atoms. The zero-order valence-corrected chi connectivity index (χ0v) is 18.9. The zero-order chi connectivity index (χ0) is 23.4. The van der Waals surface area contributed by atoms with Crippen molar-refractivity contribution in [1.29, 1.82) is 0 Å². The Morgan fingerprint density at radius 3 is 2.33 bits per heavy atom. The van der Waals surface area contributed by atoms with Gasteiger partial charge >= 0.3 is 0 Å². The molecule has 168 valence electrons. The Kier molecular flexibility index (Phi) is 6.55. The molecule has 0 aliphatic rings. The summed E-state index contributed by atoms with van der Waals surface area (Å²) in [5, 5.41) is 16.9. The van der Waals surface area contributed by atoms with Crippen LogP contribution in [0.2, 0.25) is 0 Å². The second-order valence-electron chi connectivity index (χ2n) is 7.31. The Balaban J connectivity index is 1.47. The molecule has 0 aliphatic carbocycles. The number of aromatic nitrogens is 4. The lowest BCUT2D eigenvalue weighted by Gasteiger charge is -2.07. The predicted octanol–water partition coefficient (Wildman–Crippen LogP) is 3.34. The summed E-state index contributed by atoms with van der Waals surface area (Å²) in [6, 6.07) is 16.5. The molecule has 33 heavy (non-hydrogen) atoms. The summed E-state index contributed by atoms with van der Waals surface area (Å²) < 4.78 is 1.46. The molecule has 0 atom stereocenters. The van der Waals surface area contributed by atoms with E-state index >= 15 is 0 Å². The Hall–Kier alpha value is -3.92. The lowest BCUT2D eigenvalue weighted by molar-refractivity contribution is -0.114. The summed E-state index contributed by atoms with van der Waals surface area (Å²) >= 11 is 1.16. The number of fused-ring (bicyclic) bond motifs is 1. The van der Waals surface area contributed by atoms with Gasteiger partial charge in [0.1, 0.15) is 5.52 Å². The van der Waals surface area contributed by atoms with Gasteiger partial charge in [-0.3, -0.25) is 14.4 Å². The number of aryl methyl sites for hydroxylation is 1. The smallest absolute Gasteiger partial charge is 0.290 e. The molecule has 3 N–H and O–H groups in total. The van der Waals surface area contributed by atoms with Crippen LogP contribution in [-0.4, -0.2) is 37.4 Å². The number of benzene rings is 2. The average Bonchev–Trinajstić information content (AvgIpc) is 3.26. The van der Waals surface area contributed by atoms with Crippen LogP contribution in [0.25, 0.3) is 16.8 Å². The molecule has 0 unspecified atom stereocenters. The van der Waals surface area contributed by atoms with E-state index in [1.165, 1.54) is 17.0 Å². The number of carbonyl (C=O) groups excluding carboxylic acids is 2. The summed E-state index contributed by atoms with van der Waals surface area (Å²) in [5.41, 5.74) is 4.02. The lowest BCUT2D eigenvalue weighted by atomic mass is 10.1. The number of H-pyrrole nitrogens is 1. The molecule has 10 heteroatoms. The van der Waals surface area contributed by atoms with Gasteiger partial charge in [-0.2, -0.15) is 5.10 Å². The maximum absolute atomic E-state index is 12.4. The van der Waals surface area contributed by atoms with Gasteiger partial charge in [0.25, 0.3) is 5.56 Å². The molecular weight excluding hydrogens is 440 g/mol. The number of aromatic amines is 1. The molecule has 0 saturated heterocycles. The minimum absolute atomic E-state index is 0.0714. The number of rotatable bonds is 7. The normalized spacial score (nSPS) is 10.8. The van der Waals surface area contributed by atoms with Crippen LogP contribution in [0.3, 0.4) is 0 Å². The van der Waals surface area contributed by atoms with Crippen molar-refractivity contribution in [2.24, 2.45) is 0 Å². The Labute approximate surface area is 193 Å². The summed E-state index contributed by atoms with van der Waals surface area (Å²) in [5.74, 6) is -0.333. The minimum atomic E-state index is -0.355. The number of thioether (sulfide) groups is 1. The number of anilines is 2. The number of nitrogens with zero attached hydrogens (tertiary/aromatic N) is 3. The van der Waals surface area contributed by atoms with E-state index in [0.717, 1.165) is 23.7 Å². The predicted molar refractivity (Wildman–Crippen MR) is 129 cm³/mol. The molecule has 2 aromatic carbocycles. The van der Waals surface area contributed by atoms with E-state index in [1.54, 1.807) is 30.3 Å².